The van der Waals surface area contributed by atoms with Crippen LogP contribution in [0.1, 0.15) is 53.8 Å². The molecule has 6 nitrogen and oxygen atoms in total. The van der Waals surface area contributed by atoms with Gasteiger partial charge in [0.2, 0.25) is 0 Å². The van der Waals surface area contributed by atoms with Gasteiger partial charge in [-0.25, -0.2) is 0 Å². The van der Waals surface area contributed by atoms with Crippen LogP contribution in [-0.2, 0) is 6.54 Å². The van der Waals surface area contributed by atoms with Crippen LogP contribution < -0.4 is 0 Å². The van der Waals surface area contributed by atoms with E-state index in [2.05, 4.69) is 22.2 Å². The lowest BCUT2D eigenvalue weighted by Crippen LogP contribution is -2.39. The van der Waals surface area contributed by atoms with E-state index in [9.17, 15) is 4.79 Å². The predicted octanol–water partition coefficient (Wildman–Crippen LogP) is 2.34. The highest BCUT2D eigenvalue weighted by atomic mass is 16.2. The van der Waals surface area contributed by atoms with Gasteiger partial charge in [0.05, 0.1) is 11.8 Å². The lowest BCUT2D eigenvalue weighted by Gasteiger charge is -2.32. The average Bonchev–Trinajstić information content (AvgIpc) is 3.18. The lowest BCUT2D eigenvalue weighted by atomic mass is 9.94. The Morgan fingerprint density at radius 1 is 1.50 bits per heavy atom. The number of nitrogens with zero attached hydrogens (tertiary/aromatic N) is 4. The van der Waals surface area contributed by atoms with Gasteiger partial charge in [-0.05, 0) is 32.3 Å². The van der Waals surface area contributed by atoms with Crippen molar-refractivity contribution in [3.05, 3.63) is 35.4 Å². The van der Waals surface area contributed by atoms with E-state index in [0.29, 0.717) is 5.92 Å². The minimum absolute atomic E-state index is 0.101. The van der Waals surface area contributed by atoms with Crippen LogP contribution in [0.2, 0.25) is 0 Å². The van der Waals surface area contributed by atoms with Gasteiger partial charge in [-0.3, -0.25) is 14.6 Å². The number of H-pyrrole nitrogens is 1. The fourth-order valence-corrected chi connectivity index (χ4v) is 3.17. The number of carbonyl (C=O) groups is 1. The first-order valence-corrected chi connectivity index (χ1v) is 8.01. The van der Waals surface area contributed by atoms with Gasteiger partial charge >= 0.3 is 0 Å². The van der Waals surface area contributed by atoms with Crippen LogP contribution in [0.25, 0.3) is 0 Å². The summed E-state index contributed by atoms with van der Waals surface area (Å²) in [5.74, 6) is 0.454. The number of aryl methyl sites for hydroxylation is 1. The maximum absolute atomic E-state index is 12.8. The largest absolute Gasteiger partial charge is 0.338 e. The molecule has 2 aromatic rings. The maximum Gasteiger partial charge on any atom is 0.257 e. The van der Waals surface area contributed by atoms with Gasteiger partial charge in [-0.15, -0.1) is 0 Å². The second kappa shape index (κ2) is 6.34. The highest BCUT2D eigenvalue weighted by molar-refractivity contribution is 5.95. The molecule has 0 spiro atoms. The summed E-state index contributed by atoms with van der Waals surface area (Å²) in [5.41, 5.74) is 2.82. The fraction of sp³-hybridized carbons (Fsp3) is 0.562. The summed E-state index contributed by atoms with van der Waals surface area (Å²) in [5, 5.41) is 11.4. The summed E-state index contributed by atoms with van der Waals surface area (Å²) in [6, 6.07) is 2.00. The molecule has 1 amide bonds. The van der Waals surface area contributed by atoms with Crippen molar-refractivity contribution >= 4 is 5.91 Å². The Bertz CT molecular complexity index is 631. The molecule has 3 heterocycles. The van der Waals surface area contributed by atoms with E-state index in [0.717, 1.165) is 55.8 Å². The van der Waals surface area contributed by atoms with E-state index in [4.69, 9.17) is 0 Å². The molecular weight excluding hydrogens is 278 g/mol. The molecule has 0 unspecified atom stereocenters. The molecule has 1 fully saturated rings. The number of piperidine rings is 1. The number of aromatic nitrogens is 4. The van der Waals surface area contributed by atoms with Gasteiger partial charge in [0.15, 0.2) is 0 Å². The van der Waals surface area contributed by atoms with Crippen LogP contribution >= 0.6 is 0 Å². The molecule has 0 saturated carbocycles. The Morgan fingerprint density at radius 3 is 3.09 bits per heavy atom. The normalized spacial score (nSPS) is 18.6. The molecule has 1 aliphatic heterocycles. The predicted molar refractivity (Wildman–Crippen MR) is 83.7 cm³/mol. The summed E-state index contributed by atoms with van der Waals surface area (Å²) in [7, 11) is 0. The molecule has 1 atom stereocenters. The van der Waals surface area contributed by atoms with Gasteiger partial charge in [0, 0.05) is 43.1 Å². The number of likely N-dealkylation sites (tertiary alicyclic amines) is 1. The number of hydrogen-bond donors (Lipinski definition) is 1. The van der Waals surface area contributed by atoms with Crippen LogP contribution in [0.4, 0.5) is 0 Å². The van der Waals surface area contributed by atoms with Crippen LogP contribution in [0, 0.1) is 6.92 Å². The van der Waals surface area contributed by atoms with Crippen molar-refractivity contribution in [1.29, 1.82) is 0 Å². The number of rotatable bonds is 4. The van der Waals surface area contributed by atoms with E-state index in [-0.39, 0.29) is 5.91 Å². The van der Waals surface area contributed by atoms with Gasteiger partial charge in [-0.1, -0.05) is 6.92 Å². The van der Waals surface area contributed by atoms with E-state index >= 15 is 0 Å². The monoisotopic (exact) mass is 301 g/mol. The van der Waals surface area contributed by atoms with Crippen LogP contribution in [0.3, 0.4) is 0 Å². The summed E-state index contributed by atoms with van der Waals surface area (Å²) < 4.78 is 1.92. The lowest BCUT2D eigenvalue weighted by molar-refractivity contribution is 0.0705. The zero-order chi connectivity index (χ0) is 15.5. The second-order valence-electron chi connectivity index (χ2n) is 5.97. The molecule has 22 heavy (non-hydrogen) atoms. The Kier molecular flexibility index (Phi) is 4.27. The van der Waals surface area contributed by atoms with Gasteiger partial charge in [-0.2, -0.15) is 10.2 Å². The number of hydrogen-bond acceptors (Lipinski definition) is 3. The molecule has 0 radical (unpaired) electrons. The average molecular weight is 301 g/mol. The third kappa shape index (κ3) is 2.77. The third-order valence-corrected chi connectivity index (χ3v) is 4.44. The van der Waals surface area contributed by atoms with Crippen molar-refractivity contribution in [2.45, 2.75) is 45.6 Å². The zero-order valence-corrected chi connectivity index (χ0v) is 13.2. The molecule has 0 aromatic carbocycles. The third-order valence-electron chi connectivity index (χ3n) is 4.44. The molecular formula is C16H23N5O. The van der Waals surface area contributed by atoms with E-state index < -0.39 is 0 Å². The molecule has 1 aliphatic rings. The Labute approximate surface area is 130 Å². The van der Waals surface area contributed by atoms with Gasteiger partial charge in [0.25, 0.3) is 5.91 Å². The van der Waals surface area contributed by atoms with Crippen molar-refractivity contribution in [3.63, 3.8) is 0 Å². The number of amides is 1. The Balaban J connectivity index is 1.74. The molecule has 2 aromatic heterocycles. The van der Waals surface area contributed by atoms with Crippen molar-refractivity contribution < 1.29 is 4.79 Å². The standard InChI is InChI=1S/C16H23N5O/c1-3-8-21-12(2)14(10-18-21)16(22)20-9-4-5-13(11-20)15-6-7-17-19-15/h6-7,10,13H,3-5,8-9,11H2,1-2H3,(H,17,19)/t13-/m0/s1. The van der Waals surface area contributed by atoms with Crippen molar-refractivity contribution in [1.82, 2.24) is 24.9 Å². The highest BCUT2D eigenvalue weighted by Crippen LogP contribution is 2.26. The van der Waals surface area contributed by atoms with E-state index in [1.54, 1.807) is 12.4 Å². The van der Waals surface area contributed by atoms with Gasteiger partial charge in [0.1, 0.15) is 0 Å². The van der Waals surface area contributed by atoms with Crippen LogP contribution in [-0.4, -0.2) is 43.9 Å². The minimum Gasteiger partial charge on any atom is -0.338 e. The summed E-state index contributed by atoms with van der Waals surface area (Å²) >= 11 is 0. The first kappa shape index (κ1) is 14.8. The topological polar surface area (TPSA) is 66.8 Å². The van der Waals surface area contributed by atoms with Crippen LogP contribution in [0.15, 0.2) is 18.5 Å². The van der Waals surface area contributed by atoms with Crippen molar-refractivity contribution in [2.24, 2.45) is 0 Å². The second-order valence-corrected chi connectivity index (χ2v) is 5.97. The quantitative estimate of drug-likeness (QED) is 0.942. The highest BCUT2D eigenvalue weighted by Gasteiger charge is 2.27. The molecule has 1 N–H and O–H groups in total. The Morgan fingerprint density at radius 2 is 2.36 bits per heavy atom. The summed E-state index contributed by atoms with van der Waals surface area (Å²) in [4.78, 5) is 14.8. The number of nitrogens with one attached hydrogen (secondary N) is 1. The van der Waals surface area contributed by atoms with Gasteiger partial charge < -0.3 is 4.90 Å². The summed E-state index contributed by atoms with van der Waals surface area (Å²) in [6.45, 7) is 6.52. The zero-order valence-electron chi connectivity index (χ0n) is 13.2. The van der Waals surface area contributed by atoms with E-state index in [1.807, 2.05) is 22.6 Å². The molecule has 118 valence electrons. The van der Waals surface area contributed by atoms with Crippen molar-refractivity contribution in [3.8, 4) is 0 Å². The SMILES string of the molecule is CCCn1ncc(C(=O)N2CCC[C@H](c3ccn[nH]3)C2)c1C. The molecule has 1 saturated heterocycles. The molecule has 6 heteroatoms. The van der Waals surface area contributed by atoms with E-state index in [1.165, 1.54) is 0 Å². The first-order valence-electron chi connectivity index (χ1n) is 8.01. The number of carbonyl (C=O) groups excluding carboxylic acids is 1. The summed E-state index contributed by atoms with van der Waals surface area (Å²) in [6.07, 6.45) is 6.63. The Hall–Kier alpha value is -2.11. The molecule has 0 aliphatic carbocycles. The minimum atomic E-state index is 0.101. The number of aromatic amines is 1. The van der Waals surface area contributed by atoms with Crippen LogP contribution in [0.5, 0.6) is 0 Å². The smallest absolute Gasteiger partial charge is 0.257 e. The molecule has 3 rings (SSSR count). The van der Waals surface area contributed by atoms with Crippen molar-refractivity contribution in [2.75, 3.05) is 13.1 Å². The maximum atomic E-state index is 12.8. The fourth-order valence-electron chi connectivity index (χ4n) is 3.17. The molecule has 0 bridgehead atoms. The first-order chi connectivity index (χ1) is 10.7.